The van der Waals surface area contributed by atoms with Crippen LogP contribution in [0.1, 0.15) is 18.3 Å². The highest BCUT2D eigenvalue weighted by Crippen LogP contribution is 2.29. The van der Waals surface area contributed by atoms with Crippen LogP contribution in [0.25, 0.3) is 0 Å². The Morgan fingerprint density at radius 1 is 1.41 bits per heavy atom. The summed E-state index contributed by atoms with van der Waals surface area (Å²) in [5, 5.41) is 18.6. The molecule has 1 aromatic heterocycles. The molecule has 1 atom stereocenters. The number of anilines is 1. The molecule has 2 rings (SSSR count). The average molecular weight is 304 g/mol. The van der Waals surface area contributed by atoms with Gasteiger partial charge in [0.2, 0.25) is 0 Å². The minimum absolute atomic E-state index is 0.0424. The van der Waals surface area contributed by atoms with Gasteiger partial charge in [0.1, 0.15) is 0 Å². The van der Waals surface area contributed by atoms with E-state index in [2.05, 4.69) is 10.4 Å². The van der Waals surface area contributed by atoms with Gasteiger partial charge in [-0.25, -0.2) is 0 Å². The number of aryl methyl sites for hydroxylation is 2. The van der Waals surface area contributed by atoms with Crippen LogP contribution in [0.15, 0.2) is 24.3 Å². The predicted octanol–water partition coefficient (Wildman–Crippen LogP) is 2.92. The van der Waals surface area contributed by atoms with E-state index in [0.29, 0.717) is 6.54 Å². The number of rotatable bonds is 6. The summed E-state index contributed by atoms with van der Waals surface area (Å²) in [6.07, 6.45) is 0. The van der Waals surface area contributed by atoms with Crippen molar-refractivity contribution in [3.05, 3.63) is 45.8 Å². The van der Waals surface area contributed by atoms with Crippen molar-refractivity contribution in [2.45, 2.75) is 33.4 Å². The van der Waals surface area contributed by atoms with Gasteiger partial charge in [-0.15, -0.1) is 0 Å². The summed E-state index contributed by atoms with van der Waals surface area (Å²) < 4.78 is 7.01. The van der Waals surface area contributed by atoms with Crippen molar-refractivity contribution in [2.24, 2.45) is 0 Å². The molecule has 0 aliphatic carbocycles. The van der Waals surface area contributed by atoms with Crippen LogP contribution in [0.3, 0.4) is 0 Å². The zero-order chi connectivity index (χ0) is 16.3. The second kappa shape index (κ2) is 6.46. The monoisotopic (exact) mass is 304 g/mol. The van der Waals surface area contributed by atoms with Crippen molar-refractivity contribution < 1.29 is 9.66 Å². The van der Waals surface area contributed by atoms with Crippen LogP contribution in [-0.4, -0.2) is 27.9 Å². The standard InChI is InChI=1S/C15H20N4O3/c1-10-7-12(3)18(17-10)9-11(2)16-13-5-6-14(19(20)21)15(8-13)22-4/h5-8,11,16H,9H2,1-4H3/t11-/m1/s1. The molecular weight excluding hydrogens is 284 g/mol. The van der Waals surface area contributed by atoms with E-state index in [1.807, 2.05) is 31.5 Å². The van der Waals surface area contributed by atoms with Crippen LogP contribution in [-0.2, 0) is 6.54 Å². The van der Waals surface area contributed by atoms with E-state index in [0.717, 1.165) is 17.1 Å². The fourth-order valence-electron chi connectivity index (χ4n) is 2.37. The number of nitro groups is 1. The maximum Gasteiger partial charge on any atom is 0.311 e. The fraction of sp³-hybridized carbons (Fsp3) is 0.400. The summed E-state index contributed by atoms with van der Waals surface area (Å²) in [6.45, 7) is 6.72. The number of ether oxygens (including phenoxy) is 1. The lowest BCUT2D eigenvalue weighted by molar-refractivity contribution is -0.385. The van der Waals surface area contributed by atoms with Crippen LogP contribution in [0.5, 0.6) is 5.75 Å². The second-order valence-corrected chi connectivity index (χ2v) is 5.30. The summed E-state index contributed by atoms with van der Waals surface area (Å²) in [5.41, 5.74) is 2.82. The molecule has 0 saturated carbocycles. The van der Waals surface area contributed by atoms with E-state index < -0.39 is 4.92 Å². The number of nitrogens with zero attached hydrogens (tertiary/aromatic N) is 3. The van der Waals surface area contributed by atoms with Crippen LogP contribution in [0.2, 0.25) is 0 Å². The van der Waals surface area contributed by atoms with E-state index in [1.54, 1.807) is 12.1 Å². The van der Waals surface area contributed by atoms with E-state index in [1.165, 1.54) is 13.2 Å². The minimum Gasteiger partial charge on any atom is -0.490 e. The van der Waals surface area contributed by atoms with Gasteiger partial charge < -0.3 is 10.1 Å². The summed E-state index contributed by atoms with van der Waals surface area (Å²) in [5.74, 6) is 0.244. The molecule has 1 aromatic carbocycles. The molecule has 0 spiro atoms. The van der Waals surface area contributed by atoms with Gasteiger partial charge >= 0.3 is 5.69 Å². The largest absolute Gasteiger partial charge is 0.490 e. The Bertz CT molecular complexity index is 681. The number of hydrogen-bond acceptors (Lipinski definition) is 5. The Labute approximate surface area is 129 Å². The van der Waals surface area contributed by atoms with E-state index in [-0.39, 0.29) is 17.5 Å². The third-order valence-corrected chi connectivity index (χ3v) is 3.34. The Hall–Kier alpha value is -2.57. The van der Waals surface area contributed by atoms with E-state index in [9.17, 15) is 10.1 Å². The lowest BCUT2D eigenvalue weighted by atomic mass is 10.2. The van der Waals surface area contributed by atoms with Gasteiger partial charge in [0, 0.05) is 29.6 Å². The van der Waals surface area contributed by atoms with Gasteiger partial charge in [-0.2, -0.15) is 5.10 Å². The van der Waals surface area contributed by atoms with Crippen LogP contribution in [0.4, 0.5) is 11.4 Å². The molecule has 0 saturated heterocycles. The van der Waals surface area contributed by atoms with Crippen LogP contribution < -0.4 is 10.1 Å². The van der Waals surface area contributed by atoms with Crippen molar-refractivity contribution >= 4 is 11.4 Å². The molecule has 0 bridgehead atoms. The quantitative estimate of drug-likeness (QED) is 0.655. The number of methoxy groups -OCH3 is 1. The molecule has 2 aromatic rings. The summed E-state index contributed by atoms with van der Waals surface area (Å²) in [7, 11) is 1.42. The molecule has 7 heteroatoms. The second-order valence-electron chi connectivity index (χ2n) is 5.30. The van der Waals surface area contributed by atoms with Crippen molar-refractivity contribution in [3.63, 3.8) is 0 Å². The zero-order valence-corrected chi connectivity index (χ0v) is 13.2. The first kappa shape index (κ1) is 15.8. The fourth-order valence-corrected chi connectivity index (χ4v) is 2.37. The van der Waals surface area contributed by atoms with Crippen molar-refractivity contribution in [1.82, 2.24) is 9.78 Å². The van der Waals surface area contributed by atoms with Gasteiger partial charge in [-0.3, -0.25) is 14.8 Å². The molecule has 0 unspecified atom stereocenters. The number of nitro benzene ring substituents is 1. The summed E-state index contributed by atoms with van der Waals surface area (Å²) in [6, 6.07) is 6.90. The Kier molecular flexibility index (Phi) is 4.65. The van der Waals surface area contributed by atoms with Gasteiger partial charge in [-0.1, -0.05) is 0 Å². The number of nitrogens with one attached hydrogen (secondary N) is 1. The highest BCUT2D eigenvalue weighted by atomic mass is 16.6. The van der Waals surface area contributed by atoms with E-state index >= 15 is 0 Å². The van der Waals surface area contributed by atoms with Crippen LogP contribution >= 0.6 is 0 Å². The first-order valence-corrected chi connectivity index (χ1v) is 7.00. The average Bonchev–Trinajstić information content (AvgIpc) is 2.76. The number of benzene rings is 1. The van der Waals surface area contributed by atoms with Crippen LogP contribution in [0, 0.1) is 24.0 Å². The van der Waals surface area contributed by atoms with Gasteiger partial charge in [0.25, 0.3) is 0 Å². The van der Waals surface area contributed by atoms with Crippen molar-refractivity contribution in [3.8, 4) is 5.75 Å². The number of aromatic nitrogens is 2. The Balaban J connectivity index is 2.10. The third kappa shape index (κ3) is 3.55. The molecule has 0 fully saturated rings. The smallest absolute Gasteiger partial charge is 0.311 e. The Morgan fingerprint density at radius 3 is 2.68 bits per heavy atom. The molecule has 0 amide bonds. The topological polar surface area (TPSA) is 82.2 Å². The Morgan fingerprint density at radius 2 is 2.14 bits per heavy atom. The molecule has 1 N–H and O–H groups in total. The maximum atomic E-state index is 10.9. The highest BCUT2D eigenvalue weighted by Gasteiger charge is 2.15. The van der Waals surface area contributed by atoms with Gasteiger partial charge in [0.15, 0.2) is 5.75 Å². The van der Waals surface area contributed by atoms with Crippen molar-refractivity contribution in [2.75, 3.05) is 12.4 Å². The number of hydrogen-bond donors (Lipinski definition) is 1. The maximum absolute atomic E-state index is 10.9. The van der Waals surface area contributed by atoms with Gasteiger partial charge in [0.05, 0.1) is 24.3 Å². The van der Waals surface area contributed by atoms with Crippen molar-refractivity contribution in [1.29, 1.82) is 0 Å². The molecule has 0 aliphatic rings. The lowest BCUT2D eigenvalue weighted by Crippen LogP contribution is -2.23. The SMILES string of the molecule is COc1cc(N[C@H](C)Cn2nc(C)cc2C)ccc1[N+](=O)[O-]. The van der Waals surface area contributed by atoms with E-state index in [4.69, 9.17) is 4.74 Å². The molecule has 22 heavy (non-hydrogen) atoms. The normalized spacial score (nSPS) is 12.0. The van der Waals surface area contributed by atoms with Gasteiger partial charge in [-0.05, 0) is 32.9 Å². The lowest BCUT2D eigenvalue weighted by Gasteiger charge is -2.17. The first-order valence-electron chi connectivity index (χ1n) is 7.00. The summed E-state index contributed by atoms with van der Waals surface area (Å²) in [4.78, 5) is 10.4. The third-order valence-electron chi connectivity index (χ3n) is 3.34. The molecule has 118 valence electrons. The molecule has 1 heterocycles. The predicted molar refractivity (Wildman–Crippen MR) is 84.4 cm³/mol. The molecule has 0 aliphatic heterocycles. The zero-order valence-electron chi connectivity index (χ0n) is 13.2. The minimum atomic E-state index is -0.456. The summed E-state index contributed by atoms with van der Waals surface area (Å²) >= 11 is 0. The molecular formula is C15H20N4O3. The first-order chi connectivity index (χ1) is 10.4. The molecule has 7 nitrogen and oxygen atoms in total. The molecule has 0 radical (unpaired) electrons. The highest BCUT2D eigenvalue weighted by molar-refractivity contribution is 5.58.